The molecule has 1 atom stereocenters. The Bertz CT molecular complexity index is 1080. The van der Waals surface area contributed by atoms with Gasteiger partial charge in [0, 0.05) is 11.1 Å². The third-order valence-electron chi connectivity index (χ3n) is 5.54. The van der Waals surface area contributed by atoms with Gasteiger partial charge in [0.15, 0.2) is 11.5 Å². The minimum absolute atomic E-state index is 0.0488. The van der Waals surface area contributed by atoms with Crippen LogP contribution in [-0.4, -0.2) is 24.4 Å². The number of fused-ring (bicyclic) bond motifs is 3. The topological polar surface area (TPSA) is 77.0 Å². The van der Waals surface area contributed by atoms with Crippen molar-refractivity contribution < 1.29 is 24.1 Å². The van der Waals surface area contributed by atoms with Crippen LogP contribution in [0.1, 0.15) is 29.5 Å². The summed E-state index contributed by atoms with van der Waals surface area (Å²) in [5.41, 5.74) is 0.966. The number of ether oxygens (including phenoxy) is 3. The van der Waals surface area contributed by atoms with Crippen molar-refractivity contribution in [3.63, 3.8) is 0 Å². The van der Waals surface area contributed by atoms with Gasteiger partial charge >= 0.3 is 0 Å². The summed E-state index contributed by atoms with van der Waals surface area (Å²) < 4.78 is 16.7. The highest BCUT2D eigenvalue weighted by Crippen LogP contribution is 2.44. The number of nitrogens with one attached hydrogen (secondary N) is 1. The molecule has 30 heavy (non-hydrogen) atoms. The Kier molecular flexibility index (Phi) is 4.37. The van der Waals surface area contributed by atoms with E-state index in [0.717, 1.165) is 11.1 Å². The number of rotatable bonds is 4. The smallest absolute Gasteiger partial charge is 0.232 e. The highest BCUT2D eigenvalue weighted by molar-refractivity contribution is 5.89. The van der Waals surface area contributed by atoms with E-state index in [0.29, 0.717) is 28.6 Å². The van der Waals surface area contributed by atoms with Crippen molar-refractivity contribution >= 4 is 5.91 Å². The van der Waals surface area contributed by atoms with E-state index in [4.69, 9.17) is 14.2 Å². The highest BCUT2D eigenvalue weighted by atomic mass is 16.7. The number of benzene rings is 3. The lowest BCUT2D eigenvalue weighted by Crippen LogP contribution is -2.41. The van der Waals surface area contributed by atoms with E-state index in [1.807, 2.05) is 48.5 Å². The molecule has 2 heterocycles. The van der Waals surface area contributed by atoms with Crippen LogP contribution < -0.4 is 19.5 Å². The minimum Gasteiger partial charge on any atom is -0.457 e. The first-order valence-electron chi connectivity index (χ1n) is 9.79. The Balaban J connectivity index is 1.39. The molecule has 0 bridgehead atoms. The van der Waals surface area contributed by atoms with E-state index in [1.165, 1.54) is 0 Å². The van der Waals surface area contributed by atoms with Crippen LogP contribution >= 0.6 is 0 Å². The van der Waals surface area contributed by atoms with Gasteiger partial charge in [-0.05, 0) is 36.8 Å². The van der Waals surface area contributed by atoms with E-state index in [9.17, 15) is 9.90 Å². The average Bonchev–Trinajstić information content (AvgIpc) is 3.24. The molecule has 2 aliphatic heterocycles. The Hall–Kier alpha value is -3.51. The van der Waals surface area contributed by atoms with Gasteiger partial charge in [-0.2, -0.15) is 0 Å². The van der Waals surface area contributed by atoms with E-state index < -0.39 is 11.5 Å². The fraction of sp³-hybridized carbons (Fsp3) is 0.208. The Labute approximate surface area is 174 Å². The van der Waals surface area contributed by atoms with Gasteiger partial charge in [0.2, 0.25) is 12.7 Å². The maximum atomic E-state index is 13.3. The zero-order chi connectivity index (χ0) is 20.7. The van der Waals surface area contributed by atoms with Crippen molar-refractivity contribution in [3.8, 4) is 23.0 Å². The first kappa shape index (κ1) is 18.5. The van der Waals surface area contributed by atoms with Gasteiger partial charge in [-0.25, -0.2) is 0 Å². The molecule has 2 aliphatic rings. The number of amides is 1. The largest absolute Gasteiger partial charge is 0.457 e. The standard InChI is InChI=1S/C24H21NO5/c1-24(27,15-10-11-20-21(12-15)29-14-28-20)13-25-23(26)22-16-6-2-4-8-18(16)30-19-9-5-3-7-17(19)22/h2-12,22,27H,13-14H2,1H3,(H,25,26)/t24-/m0/s1. The Morgan fingerprint density at radius 2 is 1.60 bits per heavy atom. The first-order valence-corrected chi connectivity index (χ1v) is 9.79. The van der Waals surface area contributed by atoms with Gasteiger partial charge < -0.3 is 24.6 Å². The van der Waals surface area contributed by atoms with Gasteiger partial charge in [0.05, 0.1) is 12.5 Å². The predicted molar refractivity (Wildman–Crippen MR) is 110 cm³/mol. The van der Waals surface area contributed by atoms with Crippen molar-refractivity contribution in [2.75, 3.05) is 13.3 Å². The Morgan fingerprint density at radius 1 is 0.967 bits per heavy atom. The van der Waals surface area contributed by atoms with Gasteiger partial charge in [0.1, 0.15) is 17.1 Å². The highest BCUT2D eigenvalue weighted by Gasteiger charge is 2.34. The summed E-state index contributed by atoms with van der Waals surface area (Å²) in [5, 5.41) is 13.9. The molecular formula is C24H21NO5. The fourth-order valence-corrected chi connectivity index (χ4v) is 3.89. The molecule has 0 radical (unpaired) electrons. The van der Waals surface area contributed by atoms with Crippen molar-refractivity contribution in [1.29, 1.82) is 0 Å². The number of aliphatic hydroxyl groups is 1. The molecule has 3 aromatic carbocycles. The van der Waals surface area contributed by atoms with Crippen molar-refractivity contribution in [2.24, 2.45) is 0 Å². The second kappa shape index (κ2) is 7.07. The monoisotopic (exact) mass is 403 g/mol. The van der Waals surface area contributed by atoms with Crippen LogP contribution in [-0.2, 0) is 10.4 Å². The SMILES string of the molecule is C[C@](O)(CNC(=O)C1c2ccccc2Oc2ccccc21)c1ccc2c(c1)OCO2. The van der Waals surface area contributed by atoms with E-state index in [-0.39, 0.29) is 19.2 Å². The molecule has 0 unspecified atom stereocenters. The third kappa shape index (κ3) is 3.15. The van der Waals surface area contributed by atoms with Crippen LogP contribution in [0.4, 0.5) is 0 Å². The molecule has 5 rings (SSSR count). The lowest BCUT2D eigenvalue weighted by Gasteiger charge is -2.29. The summed E-state index contributed by atoms with van der Waals surface area (Å²) in [5.74, 6) is 1.86. The number of hydrogen-bond donors (Lipinski definition) is 2. The zero-order valence-electron chi connectivity index (χ0n) is 16.4. The van der Waals surface area contributed by atoms with Crippen LogP contribution in [0.15, 0.2) is 66.7 Å². The molecule has 0 spiro atoms. The molecule has 0 saturated heterocycles. The molecule has 1 amide bonds. The van der Waals surface area contributed by atoms with Crippen molar-refractivity contribution in [1.82, 2.24) is 5.32 Å². The molecule has 2 N–H and O–H groups in total. The van der Waals surface area contributed by atoms with Crippen LogP contribution in [0.5, 0.6) is 23.0 Å². The molecule has 152 valence electrons. The zero-order valence-corrected chi connectivity index (χ0v) is 16.4. The van der Waals surface area contributed by atoms with Gasteiger partial charge in [-0.15, -0.1) is 0 Å². The summed E-state index contributed by atoms with van der Waals surface area (Å²) in [6.07, 6.45) is 0. The number of carbonyl (C=O) groups is 1. The van der Waals surface area contributed by atoms with Gasteiger partial charge in [0.25, 0.3) is 0 Å². The molecule has 6 nitrogen and oxygen atoms in total. The molecular weight excluding hydrogens is 382 g/mol. The van der Waals surface area contributed by atoms with Crippen LogP contribution in [0, 0.1) is 0 Å². The molecule has 3 aromatic rings. The predicted octanol–water partition coefficient (Wildman–Crippen LogP) is 3.68. The quantitative estimate of drug-likeness (QED) is 0.695. The molecule has 0 aromatic heterocycles. The number of carbonyl (C=O) groups excluding carboxylic acids is 1. The van der Waals surface area contributed by atoms with Gasteiger partial charge in [-0.1, -0.05) is 42.5 Å². The fourth-order valence-electron chi connectivity index (χ4n) is 3.89. The van der Waals surface area contributed by atoms with E-state index in [2.05, 4.69) is 5.32 Å². The van der Waals surface area contributed by atoms with Crippen LogP contribution in [0.2, 0.25) is 0 Å². The second-order valence-corrected chi connectivity index (χ2v) is 7.67. The van der Waals surface area contributed by atoms with Crippen molar-refractivity contribution in [3.05, 3.63) is 83.4 Å². The normalized spacial score (nSPS) is 16.1. The molecule has 0 aliphatic carbocycles. The lowest BCUT2D eigenvalue weighted by atomic mass is 9.87. The maximum Gasteiger partial charge on any atom is 0.232 e. The van der Waals surface area contributed by atoms with Crippen LogP contribution in [0.3, 0.4) is 0 Å². The minimum atomic E-state index is -1.28. The first-order chi connectivity index (χ1) is 14.5. The lowest BCUT2D eigenvalue weighted by molar-refractivity contribution is -0.123. The third-order valence-corrected chi connectivity index (χ3v) is 5.54. The molecule has 0 saturated carbocycles. The molecule has 0 fully saturated rings. The molecule has 6 heteroatoms. The van der Waals surface area contributed by atoms with E-state index in [1.54, 1.807) is 25.1 Å². The number of para-hydroxylation sites is 2. The summed E-state index contributed by atoms with van der Waals surface area (Å²) in [6.45, 7) is 1.88. The summed E-state index contributed by atoms with van der Waals surface area (Å²) >= 11 is 0. The summed E-state index contributed by atoms with van der Waals surface area (Å²) in [7, 11) is 0. The summed E-state index contributed by atoms with van der Waals surface area (Å²) in [4.78, 5) is 13.3. The van der Waals surface area contributed by atoms with Crippen LogP contribution in [0.25, 0.3) is 0 Å². The van der Waals surface area contributed by atoms with Crippen molar-refractivity contribution in [2.45, 2.75) is 18.4 Å². The maximum absolute atomic E-state index is 13.3. The Morgan fingerprint density at radius 3 is 2.30 bits per heavy atom. The average molecular weight is 403 g/mol. The van der Waals surface area contributed by atoms with E-state index >= 15 is 0 Å². The number of hydrogen-bond acceptors (Lipinski definition) is 5. The second-order valence-electron chi connectivity index (χ2n) is 7.67. The summed E-state index contributed by atoms with van der Waals surface area (Å²) in [6, 6.07) is 20.3. The van der Waals surface area contributed by atoms with Gasteiger partial charge in [-0.3, -0.25) is 4.79 Å².